The molecular formula is C30H40N2O7. The van der Waals surface area contributed by atoms with Crippen molar-refractivity contribution in [2.45, 2.75) is 46.8 Å². The van der Waals surface area contributed by atoms with Gasteiger partial charge < -0.3 is 33.9 Å². The number of carbonyl (C=O) groups is 2. The normalized spacial score (nSPS) is 16.8. The number of aryl methyl sites for hydroxylation is 1. The number of ketones is 1. The minimum Gasteiger partial charge on any atom is -0.507 e. The molecule has 39 heavy (non-hydrogen) atoms. The van der Waals surface area contributed by atoms with E-state index in [-0.39, 0.29) is 17.4 Å². The van der Waals surface area contributed by atoms with Gasteiger partial charge in [-0.3, -0.25) is 9.59 Å². The molecule has 1 aliphatic rings. The summed E-state index contributed by atoms with van der Waals surface area (Å²) < 4.78 is 22.4. The van der Waals surface area contributed by atoms with Crippen molar-refractivity contribution in [3.63, 3.8) is 0 Å². The smallest absolute Gasteiger partial charge is 0.295 e. The summed E-state index contributed by atoms with van der Waals surface area (Å²) in [5.74, 6) is 0.170. The zero-order chi connectivity index (χ0) is 28.9. The summed E-state index contributed by atoms with van der Waals surface area (Å²) in [6, 6.07) is 7.76. The molecule has 0 bridgehead atoms. The van der Waals surface area contributed by atoms with E-state index in [1.807, 2.05) is 34.6 Å². The fourth-order valence-electron chi connectivity index (χ4n) is 4.84. The maximum absolute atomic E-state index is 13.5. The van der Waals surface area contributed by atoms with Crippen molar-refractivity contribution in [3.05, 3.63) is 52.6 Å². The van der Waals surface area contributed by atoms with Crippen LogP contribution >= 0.6 is 0 Å². The van der Waals surface area contributed by atoms with Crippen LogP contribution < -0.4 is 18.9 Å². The standard InChI is InChI=1S/C30H40N2O7/c1-9-31(10-2)13-14-32-26(21-16-23(36-6)29(38-8)24(17-21)37-7)25(28(34)30(32)35)27(33)20-11-12-22(19(5)15-20)39-18(3)4/h11-12,15-18,26,33H,9-10,13-14H2,1-8H3/b27-25+. The first-order valence-electron chi connectivity index (χ1n) is 13.2. The number of hydrogen-bond donors (Lipinski definition) is 1. The molecule has 1 aliphatic heterocycles. The molecule has 1 unspecified atom stereocenters. The van der Waals surface area contributed by atoms with Crippen molar-refractivity contribution in [1.82, 2.24) is 9.80 Å². The number of likely N-dealkylation sites (N-methyl/N-ethyl adjacent to an activating group) is 1. The van der Waals surface area contributed by atoms with Crippen LogP contribution in [0.3, 0.4) is 0 Å². The lowest BCUT2D eigenvalue weighted by Gasteiger charge is -2.29. The van der Waals surface area contributed by atoms with Crippen LogP contribution in [0.25, 0.3) is 5.76 Å². The Balaban J connectivity index is 2.22. The summed E-state index contributed by atoms with van der Waals surface area (Å²) in [5, 5.41) is 11.5. The van der Waals surface area contributed by atoms with Crippen molar-refractivity contribution in [1.29, 1.82) is 0 Å². The highest BCUT2D eigenvalue weighted by atomic mass is 16.5. The van der Waals surface area contributed by atoms with Gasteiger partial charge in [-0.2, -0.15) is 0 Å². The number of likely N-dealkylation sites (tertiary alicyclic amines) is 1. The second kappa shape index (κ2) is 12.9. The van der Waals surface area contributed by atoms with E-state index in [9.17, 15) is 14.7 Å². The fraction of sp³-hybridized carbons (Fsp3) is 0.467. The quantitative estimate of drug-likeness (QED) is 0.238. The molecular weight excluding hydrogens is 500 g/mol. The molecule has 0 aromatic heterocycles. The summed E-state index contributed by atoms with van der Waals surface area (Å²) in [4.78, 5) is 30.6. The molecule has 212 valence electrons. The Morgan fingerprint density at radius 2 is 1.59 bits per heavy atom. The van der Waals surface area contributed by atoms with Gasteiger partial charge in [0, 0.05) is 18.7 Å². The highest BCUT2D eigenvalue weighted by molar-refractivity contribution is 6.46. The monoisotopic (exact) mass is 540 g/mol. The number of aliphatic hydroxyl groups excluding tert-OH is 1. The maximum Gasteiger partial charge on any atom is 0.295 e. The lowest BCUT2D eigenvalue weighted by Crippen LogP contribution is -2.38. The van der Waals surface area contributed by atoms with E-state index in [1.54, 1.807) is 30.3 Å². The number of rotatable bonds is 12. The summed E-state index contributed by atoms with van der Waals surface area (Å²) >= 11 is 0. The third-order valence-corrected chi connectivity index (χ3v) is 6.91. The van der Waals surface area contributed by atoms with Gasteiger partial charge >= 0.3 is 0 Å². The second-order valence-corrected chi connectivity index (χ2v) is 9.62. The Bertz CT molecular complexity index is 1210. The third kappa shape index (κ3) is 6.14. The van der Waals surface area contributed by atoms with E-state index >= 15 is 0 Å². The van der Waals surface area contributed by atoms with Gasteiger partial charge in [-0.15, -0.1) is 0 Å². The number of benzene rings is 2. The van der Waals surface area contributed by atoms with Crippen LogP contribution in [0.2, 0.25) is 0 Å². The Morgan fingerprint density at radius 3 is 2.08 bits per heavy atom. The average molecular weight is 541 g/mol. The van der Waals surface area contributed by atoms with Gasteiger partial charge in [0.1, 0.15) is 11.5 Å². The molecule has 0 aliphatic carbocycles. The van der Waals surface area contributed by atoms with Gasteiger partial charge in [0.25, 0.3) is 11.7 Å². The molecule has 1 heterocycles. The van der Waals surface area contributed by atoms with E-state index in [0.717, 1.165) is 18.7 Å². The van der Waals surface area contributed by atoms with Gasteiger partial charge in [0.15, 0.2) is 11.5 Å². The van der Waals surface area contributed by atoms with Crippen LogP contribution in [0.15, 0.2) is 35.9 Å². The minimum absolute atomic E-state index is 0.00532. The van der Waals surface area contributed by atoms with Crippen LogP contribution in [-0.4, -0.2) is 80.2 Å². The summed E-state index contributed by atoms with van der Waals surface area (Å²) in [6.07, 6.45) is -0.0145. The first-order chi connectivity index (χ1) is 18.6. The Labute approximate surface area is 230 Å². The van der Waals surface area contributed by atoms with Crippen molar-refractivity contribution in [2.24, 2.45) is 0 Å². The van der Waals surface area contributed by atoms with Crippen molar-refractivity contribution in [3.8, 4) is 23.0 Å². The van der Waals surface area contributed by atoms with Crippen molar-refractivity contribution < 1.29 is 33.6 Å². The number of amides is 1. The highest BCUT2D eigenvalue weighted by Gasteiger charge is 2.46. The molecule has 9 heteroatoms. The van der Waals surface area contributed by atoms with Crippen LogP contribution in [0.4, 0.5) is 0 Å². The molecule has 0 radical (unpaired) electrons. The molecule has 3 rings (SSSR count). The van der Waals surface area contributed by atoms with Crippen LogP contribution in [0.5, 0.6) is 23.0 Å². The molecule has 9 nitrogen and oxygen atoms in total. The SMILES string of the molecule is CCN(CC)CCN1C(=O)C(=O)/C(=C(/O)c2ccc(OC(C)C)c(C)c2)C1c1cc(OC)c(OC)c(OC)c1. The average Bonchev–Trinajstić information content (AvgIpc) is 3.18. The van der Waals surface area contributed by atoms with E-state index in [4.69, 9.17) is 18.9 Å². The van der Waals surface area contributed by atoms with Gasteiger partial charge in [-0.25, -0.2) is 0 Å². The van der Waals surface area contributed by atoms with Gasteiger partial charge in [0.05, 0.1) is 39.0 Å². The van der Waals surface area contributed by atoms with E-state index in [1.165, 1.54) is 26.2 Å². The predicted octanol–water partition coefficient (Wildman–Crippen LogP) is 4.57. The molecule has 1 fully saturated rings. The number of nitrogens with zero attached hydrogens (tertiary/aromatic N) is 2. The third-order valence-electron chi connectivity index (χ3n) is 6.91. The van der Waals surface area contributed by atoms with E-state index in [2.05, 4.69) is 4.90 Å². The Kier molecular flexibility index (Phi) is 9.86. The molecule has 0 saturated carbocycles. The molecule has 1 N–H and O–H groups in total. The van der Waals surface area contributed by atoms with E-state index in [0.29, 0.717) is 47.2 Å². The van der Waals surface area contributed by atoms with Crippen molar-refractivity contribution in [2.75, 3.05) is 47.5 Å². The Morgan fingerprint density at radius 1 is 0.974 bits per heavy atom. The van der Waals surface area contributed by atoms with Crippen LogP contribution in [0.1, 0.15) is 50.4 Å². The first-order valence-corrected chi connectivity index (χ1v) is 13.2. The summed E-state index contributed by atoms with van der Waals surface area (Å²) in [7, 11) is 4.51. The molecule has 0 spiro atoms. The summed E-state index contributed by atoms with van der Waals surface area (Å²) in [5.41, 5.74) is 1.78. The summed E-state index contributed by atoms with van der Waals surface area (Å²) in [6.45, 7) is 12.3. The largest absolute Gasteiger partial charge is 0.507 e. The fourth-order valence-corrected chi connectivity index (χ4v) is 4.84. The second-order valence-electron chi connectivity index (χ2n) is 9.62. The van der Waals surface area contributed by atoms with Gasteiger partial charge in [-0.05, 0) is 75.3 Å². The number of methoxy groups -OCH3 is 3. The number of hydrogen-bond acceptors (Lipinski definition) is 8. The maximum atomic E-state index is 13.5. The highest BCUT2D eigenvalue weighted by Crippen LogP contribution is 2.45. The lowest BCUT2D eigenvalue weighted by atomic mass is 9.94. The van der Waals surface area contributed by atoms with Gasteiger partial charge in [0.2, 0.25) is 5.75 Å². The molecule has 1 atom stereocenters. The zero-order valence-corrected chi connectivity index (χ0v) is 24.2. The molecule has 2 aromatic carbocycles. The molecule has 1 saturated heterocycles. The van der Waals surface area contributed by atoms with Gasteiger partial charge in [-0.1, -0.05) is 13.8 Å². The van der Waals surface area contributed by atoms with Crippen molar-refractivity contribution >= 4 is 17.4 Å². The zero-order valence-electron chi connectivity index (χ0n) is 24.2. The molecule has 2 aromatic rings. The topological polar surface area (TPSA) is 97.8 Å². The number of carbonyl (C=O) groups excluding carboxylic acids is 2. The lowest BCUT2D eigenvalue weighted by molar-refractivity contribution is -0.140. The first kappa shape index (κ1) is 29.8. The molecule has 1 amide bonds. The number of aliphatic hydroxyl groups is 1. The van der Waals surface area contributed by atoms with E-state index < -0.39 is 17.7 Å². The van der Waals surface area contributed by atoms with Crippen LogP contribution in [-0.2, 0) is 9.59 Å². The Hall–Kier alpha value is -3.72. The van der Waals surface area contributed by atoms with Crippen LogP contribution in [0, 0.1) is 6.92 Å². The minimum atomic E-state index is -0.860. The predicted molar refractivity (Wildman–Crippen MR) is 150 cm³/mol. The number of Topliss-reactive ketones (excluding diaryl/α,β-unsaturated/α-hetero) is 1. The number of ether oxygens (including phenoxy) is 4.